The first-order chi connectivity index (χ1) is 9.15. The summed E-state index contributed by atoms with van der Waals surface area (Å²) in [5.41, 5.74) is 4.67. The van der Waals surface area contributed by atoms with Crippen molar-refractivity contribution in [3.8, 4) is 0 Å². The van der Waals surface area contributed by atoms with Gasteiger partial charge in [0.15, 0.2) is 4.96 Å². The minimum absolute atomic E-state index is 0.783. The molecule has 0 atom stereocenters. The molecule has 0 fully saturated rings. The van der Waals surface area contributed by atoms with E-state index < -0.39 is 0 Å². The van der Waals surface area contributed by atoms with Gasteiger partial charge in [-0.15, -0.1) is 11.3 Å². The number of hydrogen-bond donors (Lipinski definition) is 1. The maximum absolute atomic E-state index is 4.55. The van der Waals surface area contributed by atoms with Gasteiger partial charge in [-0.3, -0.25) is 4.40 Å². The van der Waals surface area contributed by atoms with Crippen LogP contribution >= 0.6 is 27.3 Å². The Hall–Kier alpha value is -1.33. The van der Waals surface area contributed by atoms with Crippen LogP contribution in [0.2, 0.25) is 0 Å². The third kappa shape index (κ3) is 2.40. The molecule has 0 radical (unpaired) electrons. The minimum atomic E-state index is 0.783. The molecule has 0 aliphatic heterocycles. The van der Waals surface area contributed by atoms with Crippen LogP contribution in [0.3, 0.4) is 0 Å². The molecule has 2 aromatic heterocycles. The average molecular weight is 336 g/mol. The first-order valence-electron chi connectivity index (χ1n) is 6.06. The summed E-state index contributed by atoms with van der Waals surface area (Å²) in [4.78, 5) is 5.61. The van der Waals surface area contributed by atoms with Crippen molar-refractivity contribution >= 4 is 37.9 Å². The van der Waals surface area contributed by atoms with E-state index in [2.05, 4.69) is 74.3 Å². The molecule has 2 heterocycles. The maximum Gasteiger partial charge on any atom is 0.194 e. The van der Waals surface area contributed by atoms with Gasteiger partial charge in [0.05, 0.1) is 17.9 Å². The summed E-state index contributed by atoms with van der Waals surface area (Å²) in [6.07, 6.45) is 2.07. The summed E-state index contributed by atoms with van der Waals surface area (Å²) in [5.74, 6) is 0. The molecular formula is C14H14BrN3S. The van der Waals surface area contributed by atoms with E-state index in [1.54, 1.807) is 11.3 Å². The van der Waals surface area contributed by atoms with Gasteiger partial charge in [0, 0.05) is 21.7 Å². The zero-order valence-corrected chi connectivity index (χ0v) is 13.2. The van der Waals surface area contributed by atoms with Gasteiger partial charge < -0.3 is 5.32 Å². The van der Waals surface area contributed by atoms with Crippen LogP contribution in [0.5, 0.6) is 0 Å². The number of hydrogen-bond acceptors (Lipinski definition) is 3. The van der Waals surface area contributed by atoms with Crippen molar-refractivity contribution in [1.29, 1.82) is 0 Å². The Morgan fingerprint density at radius 1 is 1.37 bits per heavy atom. The zero-order chi connectivity index (χ0) is 13.4. The van der Waals surface area contributed by atoms with E-state index >= 15 is 0 Å². The predicted molar refractivity (Wildman–Crippen MR) is 84.0 cm³/mol. The van der Waals surface area contributed by atoms with Crippen molar-refractivity contribution in [2.45, 2.75) is 20.4 Å². The van der Waals surface area contributed by atoms with E-state index in [4.69, 9.17) is 0 Å². The fourth-order valence-corrected chi connectivity index (χ4v) is 3.12. The van der Waals surface area contributed by atoms with Crippen molar-refractivity contribution in [3.05, 3.63) is 51.2 Å². The molecule has 0 saturated carbocycles. The van der Waals surface area contributed by atoms with E-state index in [9.17, 15) is 0 Å². The summed E-state index contributed by atoms with van der Waals surface area (Å²) in [7, 11) is 0. The van der Waals surface area contributed by atoms with Crippen LogP contribution in [0.1, 0.15) is 17.0 Å². The third-order valence-electron chi connectivity index (χ3n) is 3.18. The van der Waals surface area contributed by atoms with Crippen molar-refractivity contribution in [2.24, 2.45) is 0 Å². The topological polar surface area (TPSA) is 29.3 Å². The molecule has 3 aromatic rings. The Kier molecular flexibility index (Phi) is 3.33. The first-order valence-corrected chi connectivity index (χ1v) is 7.73. The highest BCUT2D eigenvalue weighted by atomic mass is 79.9. The molecule has 98 valence electrons. The number of benzene rings is 1. The Morgan fingerprint density at radius 3 is 3.00 bits per heavy atom. The normalized spacial score (nSPS) is 11.1. The van der Waals surface area contributed by atoms with E-state index in [0.29, 0.717) is 0 Å². The van der Waals surface area contributed by atoms with E-state index in [1.165, 1.54) is 11.3 Å². The third-order valence-corrected chi connectivity index (χ3v) is 4.83. The number of nitrogens with one attached hydrogen (secondary N) is 1. The highest BCUT2D eigenvalue weighted by Gasteiger charge is 2.09. The van der Waals surface area contributed by atoms with Gasteiger partial charge in [-0.1, -0.05) is 15.9 Å². The molecule has 0 bridgehead atoms. The predicted octanol–water partition coefficient (Wildman–Crippen LogP) is 4.39. The zero-order valence-electron chi connectivity index (χ0n) is 10.8. The van der Waals surface area contributed by atoms with Gasteiger partial charge in [-0.2, -0.15) is 0 Å². The number of nitrogens with zero attached hydrogens (tertiary/aromatic N) is 2. The molecule has 5 heteroatoms. The van der Waals surface area contributed by atoms with Crippen LogP contribution < -0.4 is 5.32 Å². The SMILES string of the molecule is Cc1cc(NCc2c(C)nc3sccn23)ccc1Br. The monoisotopic (exact) mass is 335 g/mol. The van der Waals surface area contributed by atoms with Gasteiger partial charge in [-0.05, 0) is 37.6 Å². The summed E-state index contributed by atoms with van der Waals surface area (Å²) in [6, 6.07) is 6.30. The Balaban J connectivity index is 1.83. The fourth-order valence-electron chi connectivity index (χ4n) is 2.09. The number of aryl methyl sites for hydroxylation is 2. The van der Waals surface area contributed by atoms with Crippen molar-refractivity contribution in [2.75, 3.05) is 5.32 Å². The highest BCUT2D eigenvalue weighted by Crippen LogP contribution is 2.22. The quantitative estimate of drug-likeness (QED) is 0.769. The molecular weight excluding hydrogens is 322 g/mol. The van der Waals surface area contributed by atoms with E-state index in [-0.39, 0.29) is 0 Å². The maximum atomic E-state index is 4.55. The molecule has 0 aliphatic rings. The number of aromatic nitrogens is 2. The van der Waals surface area contributed by atoms with Crippen LogP contribution in [0.15, 0.2) is 34.2 Å². The van der Waals surface area contributed by atoms with Gasteiger partial charge in [0.1, 0.15) is 0 Å². The number of anilines is 1. The molecule has 0 spiro atoms. The van der Waals surface area contributed by atoms with Gasteiger partial charge in [0.2, 0.25) is 0 Å². The second-order valence-corrected chi connectivity index (χ2v) is 6.24. The minimum Gasteiger partial charge on any atom is -0.379 e. The van der Waals surface area contributed by atoms with Crippen LogP contribution in [0, 0.1) is 13.8 Å². The molecule has 3 rings (SSSR count). The smallest absolute Gasteiger partial charge is 0.194 e. The molecule has 3 nitrogen and oxygen atoms in total. The summed E-state index contributed by atoms with van der Waals surface area (Å²) < 4.78 is 3.29. The first kappa shape index (κ1) is 12.7. The van der Waals surface area contributed by atoms with Crippen molar-refractivity contribution in [3.63, 3.8) is 0 Å². The van der Waals surface area contributed by atoms with Crippen LogP contribution in [0.4, 0.5) is 5.69 Å². The van der Waals surface area contributed by atoms with Crippen molar-refractivity contribution < 1.29 is 0 Å². The van der Waals surface area contributed by atoms with Gasteiger partial charge in [0.25, 0.3) is 0 Å². The number of fused-ring (bicyclic) bond motifs is 1. The van der Waals surface area contributed by atoms with Gasteiger partial charge >= 0.3 is 0 Å². The van der Waals surface area contributed by atoms with E-state index in [0.717, 1.165) is 27.4 Å². The Morgan fingerprint density at radius 2 is 2.21 bits per heavy atom. The van der Waals surface area contributed by atoms with Crippen molar-refractivity contribution in [1.82, 2.24) is 9.38 Å². The molecule has 1 aromatic carbocycles. The number of thiazole rings is 1. The fraction of sp³-hybridized carbons (Fsp3) is 0.214. The van der Waals surface area contributed by atoms with Gasteiger partial charge in [-0.25, -0.2) is 4.98 Å². The lowest BCUT2D eigenvalue weighted by molar-refractivity contribution is 0.994. The molecule has 0 saturated heterocycles. The summed E-state index contributed by atoms with van der Waals surface area (Å²) in [5, 5.41) is 5.53. The standard InChI is InChI=1S/C14H14BrN3S/c1-9-7-11(3-4-12(9)15)16-8-13-10(2)17-14-18(13)5-6-19-14/h3-7,16H,8H2,1-2H3. The lowest BCUT2D eigenvalue weighted by atomic mass is 10.2. The van der Waals surface area contributed by atoms with Crippen LogP contribution in [0.25, 0.3) is 4.96 Å². The van der Waals surface area contributed by atoms with Crippen LogP contribution in [-0.4, -0.2) is 9.38 Å². The molecule has 0 amide bonds. The largest absolute Gasteiger partial charge is 0.379 e. The summed E-state index contributed by atoms with van der Waals surface area (Å²) >= 11 is 5.18. The summed E-state index contributed by atoms with van der Waals surface area (Å²) in [6.45, 7) is 4.94. The second kappa shape index (κ2) is 4.98. The Bertz CT molecular complexity index is 729. The lowest BCUT2D eigenvalue weighted by Crippen LogP contribution is -2.03. The Labute approximate surface area is 124 Å². The average Bonchev–Trinajstić information content (AvgIpc) is 2.92. The molecule has 0 unspecified atom stereocenters. The highest BCUT2D eigenvalue weighted by molar-refractivity contribution is 9.10. The number of rotatable bonds is 3. The number of imidazole rings is 1. The van der Waals surface area contributed by atoms with Crippen LogP contribution in [-0.2, 0) is 6.54 Å². The molecule has 0 aliphatic carbocycles. The molecule has 1 N–H and O–H groups in total. The lowest BCUT2D eigenvalue weighted by Gasteiger charge is -2.08. The second-order valence-electron chi connectivity index (χ2n) is 4.52. The van der Waals surface area contributed by atoms with E-state index in [1.807, 2.05) is 0 Å². The molecule has 19 heavy (non-hydrogen) atoms. The number of halogens is 1.